The van der Waals surface area contributed by atoms with E-state index in [0.717, 1.165) is 18.5 Å². The van der Waals surface area contributed by atoms with Gasteiger partial charge in [-0.25, -0.2) is 19.7 Å². The van der Waals surface area contributed by atoms with Crippen molar-refractivity contribution in [2.45, 2.75) is 25.5 Å². The molecule has 0 aromatic carbocycles. The zero-order chi connectivity index (χ0) is 17.9. The third kappa shape index (κ3) is 3.80. The molecule has 26 heavy (non-hydrogen) atoms. The Balaban J connectivity index is 1.42. The summed E-state index contributed by atoms with van der Waals surface area (Å²) >= 11 is 6.11. The van der Waals surface area contributed by atoms with Gasteiger partial charge in [-0.05, 0) is 25.0 Å². The monoisotopic (exact) mass is 370 g/mol. The summed E-state index contributed by atoms with van der Waals surface area (Å²) in [6.45, 7) is -0.0766. The van der Waals surface area contributed by atoms with Gasteiger partial charge in [-0.1, -0.05) is 17.7 Å². The van der Waals surface area contributed by atoms with Gasteiger partial charge >= 0.3 is 5.97 Å². The van der Waals surface area contributed by atoms with Gasteiger partial charge in [0.25, 0.3) is 0 Å². The molecule has 1 aliphatic carbocycles. The van der Waals surface area contributed by atoms with Crippen LogP contribution in [0.5, 0.6) is 0 Å². The van der Waals surface area contributed by atoms with Crippen LogP contribution in [-0.2, 0) is 11.3 Å². The van der Waals surface area contributed by atoms with E-state index >= 15 is 0 Å². The molecule has 0 amide bonds. The summed E-state index contributed by atoms with van der Waals surface area (Å²) in [6, 6.07) is 5.51. The zero-order valence-electron chi connectivity index (χ0n) is 13.7. The number of anilines is 2. The molecule has 1 N–H and O–H groups in total. The molecule has 8 nitrogen and oxygen atoms in total. The van der Waals surface area contributed by atoms with Gasteiger partial charge in [0.05, 0.1) is 29.1 Å². The van der Waals surface area contributed by atoms with Gasteiger partial charge in [0.1, 0.15) is 18.0 Å². The van der Waals surface area contributed by atoms with Crippen molar-refractivity contribution in [2.24, 2.45) is 0 Å². The molecule has 0 spiro atoms. The number of hydrogen-bond acceptors (Lipinski definition) is 7. The van der Waals surface area contributed by atoms with Gasteiger partial charge in [0, 0.05) is 12.4 Å². The molecule has 3 aromatic heterocycles. The molecule has 3 heterocycles. The number of nitrogens with one attached hydrogen (secondary N) is 1. The summed E-state index contributed by atoms with van der Waals surface area (Å²) in [6.07, 6.45) is 8.94. The largest absolute Gasteiger partial charge is 0.454 e. The van der Waals surface area contributed by atoms with Gasteiger partial charge in [0.15, 0.2) is 0 Å². The normalized spacial score (nSPS) is 13.4. The van der Waals surface area contributed by atoms with E-state index in [-0.39, 0.29) is 12.3 Å². The van der Waals surface area contributed by atoms with E-state index in [1.54, 1.807) is 24.4 Å². The molecule has 1 saturated carbocycles. The number of halogens is 1. The standard InChI is InChI=1S/C17H15ClN6O2/c18-13-8-20-17(22-11-7-21-24(9-11)12-4-5-12)23-15(13)10-26-16(25)14-3-1-2-6-19-14/h1-3,6-9,12H,4-5,10H2,(H,20,22,23). The predicted octanol–water partition coefficient (Wildman–Crippen LogP) is 3.16. The van der Waals surface area contributed by atoms with Crippen LogP contribution in [0.15, 0.2) is 43.0 Å². The van der Waals surface area contributed by atoms with Crippen molar-refractivity contribution in [1.82, 2.24) is 24.7 Å². The van der Waals surface area contributed by atoms with Crippen LogP contribution in [0.3, 0.4) is 0 Å². The van der Waals surface area contributed by atoms with Crippen LogP contribution in [-0.4, -0.2) is 30.7 Å². The topological polar surface area (TPSA) is 94.8 Å². The molecule has 0 bridgehead atoms. The summed E-state index contributed by atoms with van der Waals surface area (Å²) in [7, 11) is 0. The van der Waals surface area contributed by atoms with Crippen LogP contribution in [0.1, 0.15) is 35.1 Å². The second-order valence-corrected chi connectivity index (χ2v) is 6.25. The smallest absolute Gasteiger partial charge is 0.357 e. The fourth-order valence-corrected chi connectivity index (χ4v) is 2.47. The predicted molar refractivity (Wildman–Crippen MR) is 94.2 cm³/mol. The van der Waals surface area contributed by atoms with Gasteiger partial charge in [0.2, 0.25) is 5.95 Å². The minimum Gasteiger partial charge on any atom is -0.454 e. The highest BCUT2D eigenvalue weighted by atomic mass is 35.5. The second kappa shape index (κ2) is 7.09. The minimum absolute atomic E-state index is 0.0766. The lowest BCUT2D eigenvalue weighted by atomic mass is 10.3. The quantitative estimate of drug-likeness (QED) is 0.666. The number of esters is 1. The van der Waals surface area contributed by atoms with Crippen molar-refractivity contribution in [1.29, 1.82) is 0 Å². The number of pyridine rings is 1. The Labute approximate surface area is 154 Å². The van der Waals surface area contributed by atoms with E-state index in [1.165, 1.54) is 12.4 Å². The van der Waals surface area contributed by atoms with Crippen LogP contribution in [0.25, 0.3) is 0 Å². The van der Waals surface area contributed by atoms with Crippen LogP contribution < -0.4 is 5.32 Å². The maximum Gasteiger partial charge on any atom is 0.357 e. The highest BCUT2D eigenvalue weighted by Gasteiger charge is 2.24. The number of rotatable bonds is 6. The molecule has 0 aliphatic heterocycles. The van der Waals surface area contributed by atoms with Gasteiger partial charge in [-0.2, -0.15) is 5.10 Å². The van der Waals surface area contributed by atoms with E-state index in [2.05, 4.69) is 25.4 Å². The molecule has 1 aliphatic rings. The Morgan fingerprint density at radius 1 is 1.31 bits per heavy atom. The Bertz CT molecular complexity index is 926. The Morgan fingerprint density at radius 3 is 2.96 bits per heavy atom. The van der Waals surface area contributed by atoms with E-state index in [0.29, 0.717) is 22.7 Å². The summed E-state index contributed by atoms with van der Waals surface area (Å²) < 4.78 is 7.15. The summed E-state index contributed by atoms with van der Waals surface area (Å²) in [4.78, 5) is 24.4. The first kappa shape index (κ1) is 16.5. The van der Waals surface area contributed by atoms with Gasteiger partial charge in [-0.15, -0.1) is 0 Å². The van der Waals surface area contributed by atoms with Crippen molar-refractivity contribution in [2.75, 3.05) is 5.32 Å². The number of aromatic nitrogens is 5. The lowest BCUT2D eigenvalue weighted by Gasteiger charge is -2.08. The average Bonchev–Trinajstić information content (AvgIpc) is 3.42. The summed E-state index contributed by atoms with van der Waals surface area (Å²) in [5.41, 5.74) is 1.42. The molecule has 3 aromatic rings. The van der Waals surface area contributed by atoms with E-state index in [9.17, 15) is 4.79 Å². The molecule has 0 unspecified atom stereocenters. The molecule has 1 fully saturated rings. The fraction of sp³-hybridized carbons (Fsp3) is 0.235. The Morgan fingerprint density at radius 2 is 2.19 bits per heavy atom. The molecular weight excluding hydrogens is 356 g/mol. The molecule has 0 saturated heterocycles. The maximum atomic E-state index is 12.0. The molecule has 0 radical (unpaired) electrons. The number of carbonyl (C=O) groups is 1. The third-order valence-electron chi connectivity index (χ3n) is 3.81. The van der Waals surface area contributed by atoms with Gasteiger partial charge < -0.3 is 10.1 Å². The number of carbonyl (C=O) groups excluding carboxylic acids is 1. The summed E-state index contributed by atoms with van der Waals surface area (Å²) in [5.74, 6) is -0.186. The summed E-state index contributed by atoms with van der Waals surface area (Å²) in [5, 5.41) is 7.70. The van der Waals surface area contributed by atoms with E-state index < -0.39 is 5.97 Å². The maximum absolute atomic E-state index is 12.0. The molecular formula is C17H15ClN6O2. The number of nitrogens with zero attached hydrogens (tertiary/aromatic N) is 5. The van der Waals surface area contributed by atoms with E-state index in [1.807, 2.05) is 10.9 Å². The third-order valence-corrected chi connectivity index (χ3v) is 4.13. The first-order chi connectivity index (χ1) is 12.7. The Hall–Kier alpha value is -3.00. The zero-order valence-corrected chi connectivity index (χ0v) is 14.4. The van der Waals surface area contributed by atoms with Gasteiger partial charge in [-0.3, -0.25) is 4.68 Å². The number of ether oxygens (including phenoxy) is 1. The second-order valence-electron chi connectivity index (χ2n) is 5.84. The average molecular weight is 371 g/mol. The van der Waals surface area contributed by atoms with Crippen molar-refractivity contribution < 1.29 is 9.53 Å². The molecule has 4 rings (SSSR count). The SMILES string of the molecule is O=C(OCc1nc(Nc2cnn(C3CC3)c2)ncc1Cl)c1ccccn1. The highest BCUT2D eigenvalue weighted by Crippen LogP contribution is 2.34. The first-order valence-electron chi connectivity index (χ1n) is 8.10. The van der Waals surface area contributed by atoms with E-state index in [4.69, 9.17) is 16.3 Å². The van der Waals surface area contributed by atoms with Crippen molar-refractivity contribution in [3.05, 3.63) is 59.4 Å². The van der Waals surface area contributed by atoms with Crippen LogP contribution in [0.4, 0.5) is 11.6 Å². The van der Waals surface area contributed by atoms with Crippen LogP contribution in [0.2, 0.25) is 5.02 Å². The first-order valence-corrected chi connectivity index (χ1v) is 8.47. The highest BCUT2D eigenvalue weighted by molar-refractivity contribution is 6.31. The molecule has 0 atom stereocenters. The van der Waals surface area contributed by atoms with Crippen molar-refractivity contribution in [3.8, 4) is 0 Å². The van der Waals surface area contributed by atoms with Crippen LogP contribution in [0, 0.1) is 0 Å². The Kier molecular flexibility index (Phi) is 4.49. The van der Waals surface area contributed by atoms with Crippen LogP contribution >= 0.6 is 11.6 Å². The lowest BCUT2D eigenvalue weighted by Crippen LogP contribution is -2.09. The molecule has 132 valence electrons. The minimum atomic E-state index is -0.541. The van der Waals surface area contributed by atoms with Crippen molar-refractivity contribution in [3.63, 3.8) is 0 Å². The lowest BCUT2D eigenvalue weighted by molar-refractivity contribution is 0.0461. The van der Waals surface area contributed by atoms with Crippen molar-refractivity contribution >= 4 is 29.2 Å². The fourth-order valence-electron chi connectivity index (χ4n) is 2.33. The molecule has 9 heteroatoms. The number of hydrogen-bond donors (Lipinski definition) is 1.